The second-order valence-electron chi connectivity index (χ2n) is 7.18. The van der Waals surface area contributed by atoms with Crippen molar-refractivity contribution >= 4 is 0 Å². The van der Waals surface area contributed by atoms with E-state index in [9.17, 15) is 13.9 Å². The maximum atomic E-state index is 14.5. The van der Waals surface area contributed by atoms with Gasteiger partial charge in [0, 0.05) is 0 Å². The number of halogens is 2. The van der Waals surface area contributed by atoms with Crippen molar-refractivity contribution in [3.8, 4) is 0 Å². The number of hydrogen-bond acceptors (Lipinski definition) is 1. The summed E-state index contributed by atoms with van der Waals surface area (Å²) >= 11 is 0. The van der Waals surface area contributed by atoms with E-state index < -0.39 is 17.2 Å². The van der Waals surface area contributed by atoms with Crippen molar-refractivity contribution in [3.05, 3.63) is 34.9 Å². The van der Waals surface area contributed by atoms with E-state index in [2.05, 4.69) is 0 Å². The molecule has 4 saturated carbocycles. The predicted octanol–water partition coefficient (Wildman–Crippen LogP) is 3.92. The van der Waals surface area contributed by atoms with Crippen LogP contribution in [0.1, 0.15) is 43.2 Å². The van der Waals surface area contributed by atoms with Crippen molar-refractivity contribution in [2.24, 2.45) is 23.7 Å². The SMILES string of the molecule is Cc1ccc(F)c(C2(O)C3CC4CC(C3)CC2C4)c1F. The molecule has 0 spiro atoms. The molecule has 108 valence electrons. The topological polar surface area (TPSA) is 20.2 Å². The van der Waals surface area contributed by atoms with Gasteiger partial charge in [-0.25, -0.2) is 8.78 Å². The standard InChI is InChI=1S/C17H20F2O/c1-9-2-3-14(18)15(16(9)19)17(20)12-5-10-4-11(7-12)8-13(17)6-10/h2-3,10-13,20H,4-8H2,1H3. The molecular formula is C17H20F2O. The number of aliphatic hydroxyl groups is 1. The Labute approximate surface area is 118 Å². The first-order valence-electron chi connectivity index (χ1n) is 7.67. The van der Waals surface area contributed by atoms with Crippen molar-refractivity contribution in [1.29, 1.82) is 0 Å². The van der Waals surface area contributed by atoms with Crippen LogP contribution in [0.15, 0.2) is 12.1 Å². The fourth-order valence-electron chi connectivity index (χ4n) is 5.33. The molecule has 0 unspecified atom stereocenters. The van der Waals surface area contributed by atoms with Crippen LogP contribution in [0.4, 0.5) is 8.78 Å². The highest BCUT2D eigenvalue weighted by molar-refractivity contribution is 5.34. The Balaban J connectivity index is 1.87. The summed E-state index contributed by atoms with van der Waals surface area (Å²) in [6.07, 6.45) is 4.96. The molecule has 5 rings (SSSR count). The molecule has 1 nitrogen and oxygen atoms in total. The first kappa shape index (κ1) is 12.8. The van der Waals surface area contributed by atoms with Crippen molar-refractivity contribution in [2.75, 3.05) is 0 Å². The average Bonchev–Trinajstić information content (AvgIpc) is 2.40. The minimum absolute atomic E-state index is 0.0320. The molecule has 3 heteroatoms. The van der Waals surface area contributed by atoms with Crippen molar-refractivity contribution in [2.45, 2.75) is 44.6 Å². The second-order valence-corrected chi connectivity index (χ2v) is 7.18. The van der Waals surface area contributed by atoms with E-state index in [0.29, 0.717) is 17.4 Å². The number of rotatable bonds is 1. The van der Waals surface area contributed by atoms with Gasteiger partial charge < -0.3 is 5.11 Å². The lowest BCUT2D eigenvalue weighted by atomic mass is 9.48. The summed E-state index contributed by atoms with van der Waals surface area (Å²) in [6.45, 7) is 1.64. The molecule has 4 fully saturated rings. The predicted molar refractivity (Wildman–Crippen MR) is 72.0 cm³/mol. The molecule has 0 atom stereocenters. The molecule has 4 aliphatic carbocycles. The molecule has 1 N–H and O–H groups in total. The Morgan fingerprint density at radius 3 is 2.10 bits per heavy atom. The third-order valence-corrected chi connectivity index (χ3v) is 6.07. The Bertz CT molecular complexity index is 538. The number of hydrogen-bond donors (Lipinski definition) is 1. The fraction of sp³-hybridized carbons (Fsp3) is 0.647. The van der Waals surface area contributed by atoms with E-state index in [0.717, 1.165) is 25.7 Å². The maximum Gasteiger partial charge on any atom is 0.135 e. The monoisotopic (exact) mass is 278 g/mol. The molecule has 0 aliphatic heterocycles. The van der Waals surface area contributed by atoms with Crippen LogP contribution < -0.4 is 0 Å². The third-order valence-electron chi connectivity index (χ3n) is 6.07. The van der Waals surface area contributed by atoms with Crippen LogP contribution in [0.25, 0.3) is 0 Å². The minimum atomic E-state index is -1.28. The molecular weight excluding hydrogens is 258 g/mol. The van der Waals surface area contributed by atoms with Gasteiger partial charge in [0.1, 0.15) is 17.2 Å². The second kappa shape index (κ2) is 4.03. The van der Waals surface area contributed by atoms with Crippen molar-refractivity contribution < 1.29 is 13.9 Å². The lowest BCUT2D eigenvalue weighted by molar-refractivity contribution is -0.182. The van der Waals surface area contributed by atoms with Crippen LogP contribution in [-0.2, 0) is 5.60 Å². The molecule has 1 aromatic carbocycles. The summed E-state index contributed by atoms with van der Waals surface area (Å²) in [5, 5.41) is 11.3. The van der Waals surface area contributed by atoms with Crippen LogP contribution in [0.5, 0.6) is 0 Å². The molecule has 0 radical (unpaired) electrons. The minimum Gasteiger partial charge on any atom is -0.384 e. The van der Waals surface area contributed by atoms with Gasteiger partial charge in [-0.3, -0.25) is 0 Å². The lowest BCUT2D eigenvalue weighted by Crippen LogP contribution is -2.56. The molecule has 20 heavy (non-hydrogen) atoms. The summed E-state index contributed by atoms with van der Waals surface area (Å²) < 4.78 is 28.8. The number of aryl methyl sites for hydroxylation is 1. The highest BCUT2D eigenvalue weighted by Gasteiger charge is 2.58. The third kappa shape index (κ3) is 1.50. The first-order chi connectivity index (χ1) is 9.50. The van der Waals surface area contributed by atoms with Crippen LogP contribution in [0.2, 0.25) is 0 Å². The summed E-state index contributed by atoms with van der Waals surface area (Å²) in [7, 11) is 0. The van der Waals surface area contributed by atoms with Gasteiger partial charge in [-0.1, -0.05) is 6.07 Å². The van der Waals surface area contributed by atoms with E-state index in [4.69, 9.17) is 0 Å². The Hall–Kier alpha value is -0.960. The summed E-state index contributed by atoms with van der Waals surface area (Å²) in [5.41, 5.74) is -0.914. The van der Waals surface area contributed by atoms with Gasteiger partial charge in [0.15, 0.2) is 0 Å². The van der Waals surface area contributed by atoms with Crippen LogP contribution in [0, 0.1) is 42.2 Å². The van der Waals surface area contributed by atoms with E-state index in [1.165, 1.54) is 18.6 Å². The zero-order chi connectivity index (χ0) is 14.1. The van der Waals surface area contributed by atoms with E-state index in [1.54, 1.807) is 6.92 Å². The Morgan fingerprint density at radius 1 is 1.00 bits per heavy atom. The maximum absolute atomic E-state index is 14.5. The Morgan fingerprint density at radius 2 is 1.55 bits per heavy atom. The van der Waals surface area contributed by atoms with E-state index >= 15 is 0 Å². The van der Waals surface area contributed by atoms with Gasteiger partial charge in [0.05, 0.1) is 5.56 Å². The first-order valence-corrected chi connectivity index (χ1v) is 7.67. The van der Waals surface area contributed by atoms with Gasteiger partial charge >= 0.3 is 0 Å². The van der Waals surface area contributed by atoms with Crippen molar-refractivity contribution in [1.82, 2.24) is 0 Å². The van der Waals surface area contributed by atoms with Gasteiger partial charge in [-0.15, -0.1) is 0 Å². The molecule has 0 amide bonds. The van der Waals surface area contributed by atoms with E-state index in [1.807, 2.05) is 0 Å². The molecule has 4 aliphatic rings. The summed E-state index contributed by atoms with van der Waals surface area (Å²) in [6, 6.07) is 2.75. The normalized spacial score (nSPS) is 42.2. The molecule has 0 aromatic heterocycles. The zero-order valence-electron chi connectivity index (χ0n) is 11.7. The lowest BCUT2D eigenvalue weighted by Gasteiger charge is -2.59. The zero-order valence-corrected chi connectivity index (χ0v) is 11.7. The molecule has 4 bridgehead atoms. The van der Waals surface area contributed by atoms with Crippen molar-refractivity contribution in [3.63, 3.8) is 0 Å². The summed E-state index contributed by atoms with van der Waals surface area (Å²) in [5.74, 6) is 0.263. The van der Waals surface area contributed by atoms with Gasteiger partial charge in [-0.05, 0) is 74.3 Å². The number of benzene rings is 1. The smallest absolute Gasteiger partial charge is 0.135 e. The fourth-order valence-corrected chi connectivity index (χ4v) is 5.33. The largest absolute Gasteiger partial charge is 0.384 e. The van der Waals surface area contributed by atoms with Crippen LogP contribution in [0.3, 0.4) is 0 Å². The average molecular weight is 278 g/mol. The molecule has 0 heterocycles. The highest BCUT2D eigenvalue weighted by Crippen LogP contribution is 2.62. The van der Waals surface area contributed by atoms with Crippen LogP contribution >= 0.6 is 0 Å². The van der Waals surface area contributed by atoms with Gasteiger partial charge in [0.2, 0.25) is 0 Å². The Kier molecular flexibility index (Phi) is 2.57. The van der Waals surface area contributed by atoms with E-state index in [-0.39, 0.29) is 17.4 Å². The molecule has 1 aromatic rings. The van der Waals surface area contributed by atoms with Gasteiger partial charge in [-0.2, -0.15) is 0 Å². The van der Waals surface area contributed by atoms with Crippen LogP contribution in [-0.4, -0.2) is 5.11 Å². The highest BCUT2D eigenvalue weighted by atomic mass is 19.1. The van der Waals surface area contributed by atoms with Gasteiger partial charge in [0.25, 0.3) is 0 Å². The molecule has 0 saturated heterocycles. The summed E-state index contributed by atoms with van der Waals surface area (Å²) in [4.78, 5) is 0. The quantitative estimate of drug-likeness (QED) is 0.825.